The first-order valence-electron chi connectivity index (χ1n) is 13.8. The highest BCUT2D eigenvalue weighted by Gasteiger charge is 2.46. The van der Waals surface area contributed by atoms with Gasteiger partial charge in [-0.3, -0.25) is 9.59 Å². The molecule has 1 aliphatic rings. The van der Waals surface area contributed by atoms with E-state index in [0.29, 0.717) is 61.1 Å². The molecule has 1 aliphatic heterocycles. The molecule has 1 unspecified atom stereocenters. The molecule has 5 rings (SSSR count). The highest BCUT2D eigenvalue weighted by Crippen LogP contribution is 2.42. The topological polar surface area (TPSA) is 103 Å². The third-order valence-corrected chi connectivity index (χ3v) is 7.10. The van der Waals surface area contributed by atoms with E-state index in [1.165, 1.54) is 4.90 Å². The van der Waals surface area contributed by atoms with Crippen molar-refractivity contribution >= 4 is 17.4 Å². The first kappa shape index (κ1) is 28.5. The number of benzene rings is 3. The fourth-order valence-electron chi connectivity index (χ4n) is 5.02. The van der Waals surface area contributed by atoms with Crippen LogP contribution in [0.2, 0.25) is 0 Å². The Morgan fingerprint density at radius 2 is 1.74 bits per heavy atom. The van der Waals surface area contributed by atoms with E-state index >= 15 is 0 Å². The van der Waals surface area contributed by atoms with Crippen LogP contribution >= 0.6 is 0 Å². The number of ketones is 1. The van der Waals surface area contributed by atoms with Gasteiger partial charge < -0.3 is 28.8 Å². The number of hydrogen-bond donors (Lipinski definition) is 1. The molecule has 3 aromatic carbocycles. The number of methoxy groups -OCH3 is 1. The lowest BCUT2D eigenvalue weighted by atomic mass is 9.95. The average Bonchev–Trinajstić information content (AvgIpc) is 3.63. The predicted molar refractivity (Wildman–Crippen MR) is 157 cm³/mol. The van der Waals surface area contributed by atoms with E-state index < -0.39 is 17.7 Å². The molecule has 9 nitrogen and oxygen atoms in total. The van der Waals surface area contributed by atoms with E-state index in [1.807, 2.05) is 54.1 Å². The third-order valence-electron chi connectivity index (χ3n) is 7.10. The molecule has 0 saturated carbocycles. The Morgan fingerprint density at radius 1 is 0.952 bits per heavy atom. The molecule has 1 aromatic heterocycles. The average molecular weight is 568 g/mol. The van der Waals surface area contributed by atoms with Gasteiger partial charge in [-0.05, 0) is 60.9 Å². The number of rotatable bonds is 12. The number of Topliss-reactive ketones (excluding diaryl/α,β-unsaturated/α-hetero) is 1. The molecule has 42 heavy (non-hydrogen) atoms. The molecule has 1 N–H and O–H groups in total. The van der Waals surface area contributed by atoms with Gasteiger partial charge in [-0.25, -0.2) is 4.98 Å². The molecule has 1 saturated heterocycles. The van der Waals surface area contributed by atoms with Crippen LogP contribution in [0.15, 0.2) is 97.1 Å². The second-order valence-electron chi connectivity index (χ2n) is 9.79. The Kier molecular flexibility index (Phi) is 8.87. The largest absolute Gasteiger partial charge is 0.507 e. The number of amides is 1. The number of hydrogen-bond acceptors (Lipinski definition) is 7. The van der Waals surface area contributed by atoms with E-state index in [9.17, 15) is 14.7 Å². The van der Waals surface area contributed by atoms with Gasteiger partial charge in [0.05, 0.1) is 31.7 Å². The van der Waals surface area contributed by atoms with Gasteiger partial charge in [0.1, 0.15) is 18.1 Å². The minimum Gasteiger partial charge on any atom is -0.507 e. The first-order chi connectivity index (χ1) is 20.5. The summed E-state index contributed by atoms with van der Waals surface area (Å²) in [6.07, 6.45) is 5.83. The lowest BCUT2D eigenvalue weighted by Crippen LogP contribution is -2.31. The van der Waals surface area contributed by atoms with Gasteiger partial charge in [0.2, 0.25) is 0 Å². The van der Waals surface area contributed by atoms with Crippen LogP contribution in [-0.2, 0) is 22.7 Å². The van der Waals surface area contributed by atoms with Crippen molar-refractivity contribution in [2.75, 3.05) is 20.3 Å². The summed E-state index contributed by atoms with van der Waals surface area (Å²) in [5.74, 6) is -0.0200. The summed E-state index contributed by atoms with van der Waals surface area (Å²) in [7, 11) is 1.55. The van der Waals surface area contributed by atoms with Gasteiger partial charge in [-0.2, -0.15) is 0 Å². The van der Waals surface area contributed by atoms with Crippen molar-refractivity contribution in [1.82, 2.24) is 14.5 Å². The zero-order valence-electron chi connectivity index (χ0n) is 23.6. The normalized spacial score (nSPS) is 16.0. The van der Waals surface area contributed by atoms with E-state index in [-0.39, 0.29) is 11.3 Å². The van der Waals surface area contributed by atoms with E-state index in [2.05, 4.69) is 4.98 Å². The zero-order valence-corrected chi connectivity index (χ0v) is 23.6. The summed E-state index contributed by atoms with van der Waals surface area (Å²) in [6, 6.07) is 21.0. The Morgan fingerprint density at radius 3 is 2.43 bits per heavy atom. The number of aliphatic hydroxyl groups is 1. The van der Waals surface area contributed by atoms with E-state index in [0.717, 1.165) is 5.56 Å². The number of ether oxygens (including phenoxy) is 3. The van der Waals surface area contributed by atoms with Gasteiger partial charge in [-0.1, -0.05) is 36.4 Å². The van der Waals surface area contributed by atoms with Crippen LogP contribution in [-0.4, -0.2) is 51.5 Å². The second kappa shape index (κ2) is 13.1. The van der Waals surface area contributed by atoms with Crippen LogP contribution in [0.1, 0.15) is 36.1 Å². The lowest BCUT2D eigenvalue weighted by molar-refractivity contribution is -0.139. The molecule has 0 spiro atoms. The molecular formula is C33H33N3O6. The molecule has 0 aliphatic carbocycles. The smallest absolute Gasteiger partial charge is 0.295 e. The number of carbonyl (C=O) groups is 2. The monoisotopic (exact) mass is 567 g/mol. The van der Waals surface area contributed by atoms with Crippen molar-refractivity contribution in [2.24, 2.45) is 0 Å². The van der Waals surface area contributed by atoms with Crippen LogP contribution in [0.4, 0.5) is 0 Å². The summed E-state index contributed by atoms with van der Waals surface area (Å²) in [5, 5.41) is 11.4. The van der Waals surface area contributed by atoms with Gasteiger partial charge in [0.15, 0.2) is 11.5 Å². The number of aromatic nitrogens is 2. The summed E-state index contributed by atoms with van der Waals surface area (Å²) in [6.45, 7) is 3.53. The predicted octanol–water partition coefficient (Wildman–Crippen LogP) is 5.38. The maximum Gasteiger partial charge on any atom is 0.295 e. The van der Waals surface area contributed by atoms with E-state index in [1.54, 1.807) is 56.0 Å². The number of carbonyl (C=O) groups excluding carboxylic acids is 2. The Bertz CT molecular complexity index is 1550. The number of nitrogens with zero attached hydrogens (tertiary/aromatic N) is 3. The van der Waals surface area contributed by atoms with Crippen molar-refractivity contribution in [3.05, 3.63) is 114 Å². The molecular weight excluding hydrogens is 534 g/mol. The highest BCUT2D eigenvalue weighted by atomic mass is 16.5. The van der Waals surface area contributed by atoms with Crippen LogP contribution in [0.5, 0.6) is 17.2 Å². The molecule has 4 aromatic rings. The number of imidazole rings is 1. The third kappa shape index (κ3) is 6.15. The quantitative estimate of drug-likeness (QED) is 0.139. The Balaban J connectivity index is 1.52. The SMILES string of the molecule is CCOc1cc(C2/C(=C(\O)c3ccc(OC)cc3)C(=O)C(=O)N2CCCn2ccnc2)ccc1OCc1ccccc1. The van der Waals surface area contributed by atoms with Crippen molar-refractivity contribution in [3.63, 3.8) is 0 Å². The van der Waals surface area contributed by atoms with Crippen LogP contribution in [0.3, 0.4) is 0 Å². The van der Waals surface area contributed by atoms with Crippen molar-refractivity contribution in [1.29, 1.82) is 0 Å². The van der Waals surface area contributed by atoms with Crippen LogP contribution in [0.25, 0.3) is 5.76 Å². The number of likely N-dealkylation sites (tertiary alicyclic amines) is 1. The maximum atomic E-state index is 13.5. The Labute approximate surface area is 244 Å². The number of aliphatic hydroxyl groups excluding tert-OH is 1. The summed E-state index contributed by atoms with van der Waals surface area (Å²) in [5.41, 5.74) is 2.07. The molecule has 0 radical (unpaired) electrons. The van der Waals surface area contributed by atoms with Crippen molar-refractivity contribution in [2.45, 2.75) is 32.5 Å². The van der Waals surface area contributed by atoms with Crippen LogP contribution in [0, 0.1) is 0 Å². The fraction of sp³-hybridized carbons (Fsp3) is 0.242. The molecule has 1 amide bonds. The summed E-state index contributed by atoms with van der Waals surface area (Å²) in [4.78, 5) is 32.4. The van der Waals surface area contributed by atoms with Gasteiger partial charge in [0, 0.05) is 31.0 Å². The molecule has 1 fully saturated rings. The zero-order chi connectivity index (χ0) is 29.5. The molecule has 0 bridgehead atoms. The molecule has 2 heterocycles. The lowest BCUT2D eigenvalue weighted by Gasteiger charge is -2.26. The minimum atomic E-state index is -0.822. The number of aryl methyl sites for hydroxylation is 1. The standard InChI is InChI=1S/C33H33N3O6/c1-3-41-28-20-25(12-15-27(28)42-21-23-8-5-4-6-9-23)30-29(31(37)24-10-13-26(40-2)14-11-24)32(38)33(39)36(30)18-7-17-35-19-16-34-22-35/h4-6,8-16,19-20,22,30,37H,3,7,17-18,21H2,1-2H3/b31-29+. The van der Waals surface area contributed by atoms with E-state index in [4.69, 9.17) is 14.2 Å². The van der Waals surface area contributed by atoms with Gasteiger partial charge >= 0.3 is 0 Å². The fourth-order valence-corrected chi connectivity index (χ4v) is 5.02. The minimum absolute atomic E-state index is 0.0215. The second-order valence-corrected chi connectivity index (χ2v) is 9.79. The summed E-state index contributed by atoms with van der Waals surface area (Å²) >= 11 is 0. The first-order valence-corrected chi connectivity index (χ1v) is 13.8. The Hall–Kier alpha value is -5.05. The highest BCUT2D eigenvalue weighted by molar-refractivity contribution is 6.46. The maximum absolute atomic E-state index is 13.5. The van der Waals surface area contributed by atoms with Crippen molar-refractivity contribution < 1.29 is 28.9 Å². The van der Waals surface area contributed by atoms with Gasteiger partial charge in [0.25, 0.3) is 11.7 Å². The molecule has 1 atom stereocenters. The molecule has 216 valence electrons. The molecule has 9 heteroatoms. The van der Waals surface area contributed by atoms with Crippen molar-refractivity contribution in [3.8, 4) is 17.2 Å². The van der Waals surface area contributed by atoms with Gasteiger partial charge in [-0.15, -0.1) is 0 Å². The summed E-state index contributed by atoms with van der Waals surface area (Å²) < 4.78 is 19.2. The van der Waals surface area contributed by atoms with Crippen LogP contribution < -0.4 is 14.2 Å².